The summed E-state index contributed by atoms with van der Waals surface area (Å²) in [4.78, 5) is 72.9. The molecule has 19 heteroatoms. The average molecular weight is 1410 g/mol. The number of hydrogen-bond donors (Lipinski definition) is 3. The number of ether oxygens (including phenoxy) is 4. The predicted molar refractivity (Wildman–Crippen MR) is 391 cm³/mol. The van der Waals surface area contributed by atoms with Gasteiger partial charge in [0.1, 0.15) is 19.3 Å². The van der Waals surface area contributed by atoms with Gasteiger partial charge in [0.2, 0.25) is 0 Å². The Bertz CT molecular complexity index is 1870. The van der Waals surface area contributed by atoms with Crippen LogP contribution in [0.25, 0.3) is 0 Å². The van der Waals surface area contributed by atoms with Gasteiger partial charge in [0.15, 0.2) is 12.2 Å². The first-order valence-corrected chi connectivity index (χ1v) is 42.9. The standard InChI is InChI=1S/C77H150O17P2/c1-8-10-11-12-13-14-15-23-30-37-44-51-58-74(79)87-65-73(94-77(82)61-54-47-40-33-26-28-35-42-49-56-69(5)6)67-92-96(85,86)90-63-71(78)62-89-95(83,84)91-66-72(64-88-75(80)59-52-45-38-31-25-20-21-27-34-41-48-55-68(3)4)93-76(81)60-53-46-39-32-24-19-17-16-18-22-29-36-43-50-57-70(7)9-2/h68-73,78H,8-67H2,1-7H3,(H,83,84)(H,85,86)/t70?,71-,72-,73-/m1/s1. The summed E-state index contributed by atoms with van der Waals surface area (Å²) >= 11 is 0. The monoisotopic (exact) mass is 1410 g/mol. The van der Waals surface area contributed by atoms with Gasteiger partial charge in [-0.05, 0) is 43.4 Å². The first-order valence-electron chi connectivity index (χ1n) is 39.9. The lowest BCUT2D eigenvalue weighted by molar-refractivity contribution is -0.161. The summed E-state index contributed by atoms with van der Waals surface area (Å²) in [5, 5.41) is 10.6. The van der Waals surface area contributed by atoms with Crippen molar-refractivity contribution in [1.82, 2.24) is 0 Å². The van der Waals surface area contributed by atoms with Crippen LogP contribution in [0, 0.1) is 17.8 Å². The van der Waals surface area contributed by atoms with Crippen molar-refractivity contribution in [3.05, 3.63) is 0 Å². The number of hydrogen-bond acceptors (Lipinski definition) is 15. The maximum absolute atomic E-state index is 13.1. The number of carbonyl (C=O) groups is 4. The lowest BCUT2D eigenvalue weighted by Crippen LogP contribution is -2.30. The number of esters is 4. The largest absolute Gasteiger partial charge is 0.472 e. The molecule has 570 valence electrons. The molecule has 0 aromatic carbocycles. The molecule has 0 aliphatic heterocycles. The van der Waals surface area contributed by atoms with Crippen molar-refractivity contribution in [3.8, 4) is 0 Å². The van der Waals surface area contributed by atoms with Crippen LogP contribution in [-0.4, -0.2) is 96.7 Å². The van der Waals surface area contributed by atoms with E-state index in [1.807, 2.05) is 0 Å². The zero-order valence-electron chi connectivity index (χ0n) is 62.8. The van der Waals surface area contributed by atoms with Crippen molar-refractivity contribution in [2.75, 3.05) is 39.6 Å². The Morgan fingerprint density at radius 1 is 0.302 bits per heavy atom. The van der Waals surface area contributed by atoms with Crippen LogP contribution < -0.4 is 0 Å². The molecule has 0 heterocycles. The molecule has 0 fully saturated rings. The molecule has 3 unspecified atom stereocenters. The second-order valence-corrected chi connectivity index (χ2v) is 31.8. The van der Waals surface area contributed by atoms with Gasteiger partial charge in [0.25, 0.3) is 0 Å². The smallest absolute Gasteiger partial charge is 0.462 e. The zero-order valence-corrected chi connectivity index (χ0v) is 64.6. The van der Waals surface area contributed by atoms with Crippen molar-refractivity contribution in [2.45, 2.75) is 414 Å². The molecule has 96 heavy (non-hydrogen) atoms. The molecule has 3 N–H and O–H groups in total. The molecule has 0 aromatic heterocycles. The third-order valence-corrected chi connectivity index (χ3v) is 20.1. The van der Waals surface area contributed by atoms with Crippen molar-refractivity contribution in [3.63, 3.8) is 0 Å². The molecule has 17 nitrogen and oxygen atoms in total. The highest BCUT2D eigenvalue weighted by Gasteiger charge is 2.30. The molecule has 0 rings (SSSR count). The highest BCUT2D eigenvalue weighted by atomic mass is 31.2. The fourth-order valence-electron chi connectivity index (χ4n) is 11.7. The van der Waals surface area contributed by atoms with Gasteiger partial charge in [0.05, 0.1) is 26.4 Å². The van der Waals surface area contributed by atoms with Crippen molar-refractivity contribution in [2.24, 2.45) is 17.8 Å². The minimum Gasteiger partial charge on any atom is -0.462 e. The van der Waals surface area contributed by atoms with Gasteiger partial charge in [-0.3, -0.25) is 37.3 Å². The normalized spacial score (nSPS) is 14.3. The van der Waals surface area contributed by atoms with Gasteiger partial charge < -0.3 is 33.8 Å². The van der Waals surface area contributed by atoms with Crippen molar-refractivity contribution >= 4 is 39.5 Å². The van der Waals surface area contributed by atoms with E-state index in [1.54, 1.807) is 0 Å². The molecule has 0 saturated heterocycles. The number of rotatable bonds is 75. The highest BCUT2D eigenvalue weighted by Crippen LogP contribution is 2.45. The number of carbonyl (C=O) groups excluding carboxylic acids is 4. The minimum absolute atomic E-state index is 0.105. The summed E-state index contributed by atoms with van der Waals surface area (Å²) in [7, 11) is -9.91. The third-order valence-electron chi connectivity index (χ3n) is 18.2. The van der Waals surface area contributed by atoms with E-state index >= 15 is 0 Å². The van der Waals surface area contributed by atoms with E-state index in [2.05, 4.69) is 48.5 Å². The van der Waals surface area contributed by atoms with E-state index in [1.165, 1.54) is 205 Å². The Morgan fingerprint density at radius 3 is 0.792 bits per heavy atom. The van der Waals surface area contributed by atoms with Gasteiger partial charge in [-0.15, -0.1) is 0 Å². The summed E-state index contributed by atoms with van der Waals surface area (Å²) in [6, 6.07) is 0. The first-order chi connectivity index (χ1) is 46.3. The summed E-state index contributed by atoms with van der Waals surface area (Å²) in [5.74, 6) is 0.238. The van der Waals surface area contributed by atoms with Crippen molar-refractivity contribution < 1.29 is 80.2 Å². The summed E-state index contributed by atoms with van der Waals surface area (Å²) in [6.45, 7) is 11.9. The molecule has 6 atom stereocenters. The van der Waals surface area contributed by atoms with E-state index in [-0.39, 0.29) is 25.7 Å². The maximum Gasteiger partial charge on any atom is 0.472 e. The topological polar surface area (TPSA) is 237 Å². The SMILES string of the molecule is CCCCCCCCCCCCCCC(=O)OC[C@H](COP(=O)(O)OC[C@H](O)COP(=O)(O)OC[C@@H](COC(=O)CCCCCCCCCCCCCC(C)C)OC(=O)CCCCCCCCCCCCCCCCC(C)CC)OC(=O)CCCCCCCCCCCC(C)C. The Labute approximate surface area is 588 Å². The molecule has 0 radical (unpaired) electrons. The average Bonchev–Trinajstić information content (AvgIpc) is 1.71. The third kappa shape index (κ3) is 69.2. The summed E-state index contributed by atoms with van der Waals surface area (Å²) in [6.07, 6.45) is 53.9. The Kier molecular flexibility index (Phi) is 66.2. The van der Waals surface area contributed by atoms with Crippen LogP contribution in [0.1, 0.15) is 395 Å². The van der Waals surface area contributed by atoms with Gasteiger partial charge in [-0.2, -0.15) is 0 Å². The van der Waals surface area contributed by atoms with Crippen LogP contribution in [0.2, 0.25) is 0 Å². The van der Waals surface area contributed by atoms with E-state index in [0.717, 1.165) is 108 Å². The predicted octanol–water partition coefficient (Wildman–Crippen LogP) is 22.6. The minimum atomic E-state index is -4.96. The molecule has 0 amide bonds. The molecule has 0 aromatic rings. The summed E-state index contributed by atoms with van der Waals surface area (Å²) < 4.78 is 68.6. The second-order valence-electron chi connectivity index (χ2n) is 28.9. The molecule has 0 aliphatic carbocycles. The lowest BCUT2D eigenvalue weighted by atomic mass is 9.99. The lowest BCUT2D eigenvalue weighted by Gasteiger charge is -2.21. The van der Waals surface area contributed by atoms with Gasteiger partial charge in [-0.25, -0.2) is 9.13 Å². The second kappa shape index (κ2) is 67.5. The van der Waals surface area contributed by atoms with E-state index < -0.39 is 97.5 Å². The van der Waals surface area contributed by atoms with E-state index in [0.29, 0.717) is 25.7 Å². The van der Waals surface area contributed by atoms with Crippen LogP contribution in [0.5, 0.6) is 0 Å². The van der Waals surface area contributed by atoms with E-state index in [9.17, 15) is 43.2 Å². The number of phosphoric acid groups is 2. The van der Waals surface area contributed by atoms with Crippen LogP contribution in [0.15, 0.2) is 0 Å². The fourth-order valence-corrected chi connectivity index (χ4v) is 13.3. The molecule has 0 aliphatic rings. The van der Waals surface area contributed by atoms with E-state index in [4.69, 9.17) is 37.0 Å². The van der Waals surface area contributed by atoms with Crippen molar-refractivity contribution in [1.29, 1.82) is 0 Å². The molecule has 0 bridgehead atoms. The van der Waals surface area contributed by atoms with Gasteiger partial charge in [0, 0.05) is 25.7 Å². The summed E-state index contributed by atoms with van der Waals surface area (Å²) in [5.41, 5.74) is 0. The van der Waals surface area contributed by atoms with Crippen LogP contribution >= 0.6 is 15.6 Å². The van der Waals surface area contributed by atoms with Gasteiger partial charge in [-0.1, -0.05) is 344 Å². The Morgan fingerprint density at radius 2 is 0.531 bits per heavy atom. The zero-order chi connectivity index (χ0) is 70.9. The van der Waals surface area contributed by atoms with Gasteiger partial charge >= 0.3 is 39.5 Å². The Hall–Kier alpha value is -1.94. The number of unbranched alkanes of at least 4 members (excludes halogenated alkanes) is 42. The number of aliphatic hydroxyl groups excluding tert-OH is 1. The maximum atomic E-state index is 13.1. The molecular formula is C77H150O17P2. The highest BCUT2D eigenvalue weighted by molar-refractivity contribution is 7.47. The Balaban J connectivity index is 5.26. The quantitative estimate of drug-likeness (QED) is 0.0222. The number of phosphoric ester groups is 2. The molecule has 0 spiro atoms. The van der Waals surface area contributed by atoms with Crippen LogP contribution in [-0.2, 0) is 65.4 Å². The first kappa shape index (κ1) is 94.1. The van der Waals surface area contributed by atoms with Crippen LogP contribution in [0.3, 0.4) is 0 Å². The molecule has 0 saturated carbocycles. The number of aliphatic hydroxyl groups is 1. The molecular weight excluding hydrogens is 1260 g/mol. The fraction of sp³-hybridized carbons (Fsp3) is 0.948. The van der Waals surface area contributed by atoms with Crippen LogP contribution in [0.4, 0.5) is 0 Å².